The Balaban J connectivity index is 2.55. The van der Waals surface area contributed by atoms with E-state index < -0.39 is 11.2 Å². The minimum atomic E-state index is -0.574. The minimum absolute atomic E-state index is 0.0485. The van der Waals surface area contributed by atoms with Gasteiger partial charge < -0.3 is 5.11 Å². The Hall–Kier alpha value is -2.63. The molecule has 2 aromatic rings. The minimum Gasteiger partial charge on any atom is -0.494 e. The smallest absolute Gasteiger partial charge is 0.333 e. The van der Waals surface area contributed by atoms with Crippen LogP contribution < -0.4 is 11.2 Å². The Bertz CT molecular complexity index is 832. The molecule has 1 atom stereocenters. The molecule has 0 aliphatic rings. The number of nitrogens with zero attached hydrogens (tertiary/aromatic N) is 3. The van der Waals surface area contributed by atoms with Crippen molar-refractivity contribution in [2.24, 2.45) is 19.1 Å². The maximum Gasteiger partial charge on any atom is 0.333 e. The van der Waals surface area contributed by atoms with Gasteiger partial charge in [0.2, 0.25) is 5.88 Å². The lowest BCUT2D eigenvalue weighted by atomic mass is 10.1. The first kappa shape index (κ1) is 15.8. The molecule has 0 aliphatic carbocycles. The topological polar surface area (TPSA) is 76.6 Å². The summed E-state index contributed by atoms with van der Waals surface area (Å²) in [6.45, 7) is 3.56. The summed E-state index contributed by atoms with van der Waals surface area (Å²) >= 11 is 0. The molecule has 0 spiro atoms. The zero-order valence-electron chi connectivity index (χ0n) is 13.1. The van der Waals surface area contributed by atoms with E-state index in [9.17, 15) is 14.7 Å². The fraction of sp³-hybridized carbons (Fsp3) is 0.312. The van der Waals surface area contributed by atoms with E-state index in [0.29, 0.717) is 5.71 Å². The molecule has 1 N–H and O–H groups in total. The lowest BCUT2D eigenvalue weighted by Crippen LogP contribution is -2.39. The van der Waals surface area contributed by atoms with Gasteiger partial charge in [0.05, 0.1) is 11.8 Å². The van der Waals surface area contributed by atoms with Gasteiger partial charge in [-0.15, -0.1) is 0 Å². The number of aliphatic imine (C=N–C) groups is 1. The fourth-order valence-corrected chi connectivity index (χ4v) is 2.31. The predicted molar refractivity (Wildman–Crippen MR) is 85.7 cm³/mol. The van der Waals surface area contributed by atoms with E-state index in [2.05, 4.69) is 4.99 Å². The summed E-state index contributed by atoms with van der Waals surface area (Å²) in [6.07, 6.45) is 0. The summed E-state index contributed by atoms with van der Waals surface area (Å²) in [6, 6.07) is 9.48. The van der Waals surface area contributed by atoms with Crippen molar-refractivity contribution in [3.63, 3.8) is 0 Å². The fourth-order valence-electron chi connectivity index (χ4n) is 2.31. The van der Waals surface area contributed by atoms with E-state index >= 15 is 0 Å². The summed E-state index contributed by atoms with van der Waals surface area (Å²) in [5, 5.41) is 10.1. The largest absolute Gasteiger partial charge is 0.494 e. The SMILES string of the molecule is CC(=N[C@H](C)c1ccccc1)c1c(O)n(C)c(=O)n(C)c1=O. The summed E-state index contributed by atoms with van der Waals surface area (Å²) in [5.41, 5.74) is 0.317. The van der Waals surface area contributed by atoms with Crippen molar-refractivity contribution in [3.05, 3.63) is 62.3 Å². The number of hydrogen-bond acceptors (Lipinski definition) is 4. The molecule has 1 heterocycles. The zero-order valence-corrected chi connectivity index (χ0v) is 13.1. The Morgan fingerprint density at radius 1 is 1.14 bits per heavy atom. The van der Waals surface area contributed by atoms with Crippen molar-refractivity contribution in [3.8, 4) is 5.88 Å². The number of aromatic nitrogens is 2. The average Bonchev–Trinajstić information content (AvgIpc) is 2.52. The van der Waals surface area contributed by atoms with Crippen molar-refractivity contribution in [2.75, 3.05) is 0 Å². The van der Waals surface area contributed by atoms with Crippen LogP contribution in [0.4, 0.5) is 0 Å². The number of hydrogen-bond donors (Lipinski definition) is 1. The van der Waals surface area contributed by atoms with Crippen LogP contribution in [0.1, 0.15) is 31.0 Å². The molecular formula is C16H19N3O3. The van der Waals surface area contributed by atoms with Crippen molar-refractivity contribution >= 4 is 5.71 Å². The van der Waals surface area contributed by atoms with E-state index in [0.717, 1.165) is 14.7 Å². The highest BCUT2D eigenvalue weighted by atomic mass is 16.3. The van der Waals surface area contributed by atoms with Gasteiger partial charge in [0.15, 0.2) is 0 Å². The molecule has 6 nitrogen and oxygen atoms in total. The molecule has 0 unspecified atom stereocenters. The molecule has 0 radical (unpaired) electrons. The number of aromatic hydroxyl groups is 1. The third-order valence-corrected chi connectivity index (χ3v) is 3.66. The molecule has 0 aliphatic heterocycles. The normalized spacial score (nSPS) is 13.2. The molecule has 1 aromatic heterocycles. The van der Waals surface area contributed by atoms with Crippen molar-refractivity contribution in [1.29, 1.82) is 0 Å². The molecule has 0 saturated carbocycles. The Kier molecular flexibility index (Phi) is 4.30. The van der Waals surface area contributed by atoms with Crippen LogP contribution in [0.5, 0.6) is 5.88 Å². The van der Waals surface area contributed by atoms with Crippen LogP contribution in [0.25, 0.3) is 0 Å². The predicted octanol–water partition coefficient (Wildman–Crippen LogP) is 1.36. The monoisotopic (exact) mass is 301 g/mol. The number of rotatable bonds is 3. The molecule has 1 aromatic carbocycles. The van der Waals surface area contributed by atoms with Gasteiger partial charge in [0, 0.05) is 14.1 Å². The van der Waals surface area contributed by atoms with E-state index in [1.165, 1.54) is 14.1 Å². The molecule has 0 amide bonds. The van der Waals surface area contributed by atoms with Gasteiger partial charge in [-0.3, -0.25) is 18.9 Å². The van der Waals surface area contributed by atoms with Crippen LogP contribution in [-0.2, 0) is 14.1 Å². The van der Waals surface area contributed by atoms with Gasteiger partial charge in [-0.1, -0.05) is 30.3 Å². The molecule has 0 bridgehead atoms. The van der Waals surface area contributed by atoms with Crippen LogP contribution in [0.15, 0.2) is 44.9 Å². The Morgan fingerprint density at radius 2 is 1.73 bits per heavy atom. The van der Waals surface area contributed by atoms with E-state index in [-0.39, 0.29) is 17.5 Å². The quantitative estimate of drug-likeness (QED) is 0.870. The summed E-state index contributed by atoms with van der Waals surface area (Å²) in [7, 11) is 2.79. The van der Waals surface area contributed by atoms with Gasteiger partial charge in [-0.2, -0.15) is 0 Å². The van der Waals surface area contributed by atoms with Crippen LogP contribution in [0, 0.1) is 0 Å². The van der Waals surface area contributed by atoms with Crippen LogP contribution >= 0.6 is 0 Å². The second-order valence-corrected chi connectivity index (χ2v) is 5.21. The highest BCUT2D eigenvalue weighted by molar-refractivity contribution is 6.00. The second kappa shape index (κ2) is 6.01. The summed E-state index contributed by atoms with van der Waals surface area (Å²) < 4.78 is 1.99. The zero-order chi connectivity index (χ0) is 16.4. The molecule has 6 heteroatoms. The summed E-state index contributed by atoms with van der Waals surface area (Å²) in [5.74, 6) is -0.366. The van der Waals surface area contributed by atoms with Crippen LogP contribution in [0.2, 0.25) is 0 Å². The molecular weight excluding hydrogens is 282 g/mol. The Labute approximate surface area is 128 Å². The third-order valence-electron chi connectivity index (χ3n) is 3.66. The highest BCUT2D eigenvalue weighted by Crippen LogP contribution is 2.18. The molecule has 2 rings (SSSR count). The standard InChI is InChI=1S/C16H19N3O3/c1-10(12-8-6-5-7-9-12)17-11(2)13-14(20)18(3)16(22)19(4)15(13)21/h5-10,20H,1-4H3/t10-/m1/s1. The average molecular weight is 301 g/mol. The van der Waals surface area contributed by atoms with Crippen molar-refractivity contribution < 1.29 is 5.11 Å². The van der Waals surface area contributed by atoms with Gasteiger partial charge in [0.25, 0.3) is 5.56 Å². The maximum absolute atomic E-state index is 12.2. The molecule has 116 valence electrons. The van der Waals surface area contributed by atoms with E-state index in [1.54, 1.807) is 6.92 Å². The lowest BCUT2D eigenvalue weighted by Gasteiger charge is -2.12. The van der Waals surface area contributed by atoms with E-state index in [1.807, 2.05) is 37.3 Å². The molecule has 0 fully saturated rings. The number of benzene rings is 1. The molecule has 0 saturated heterocycles. The lowest BCUT2D eigenvalue weighted by molar-refractivity contribution is 0.410. The first-order valence-electron chi connectivity index (χ1n) is 6.93. The van der Waals surface area contributed by atoms with Crippen LogP contribution in [0.3, 0.4) is 0 Å². The van der Waals surface area contributed by atoms with Crippen molar-refractivity contribution in [2.45, 2.75) is 19.9 Å². The Morgan fingerprint density at radius 3 is 2.32 bits per heavy atom. The molecule has 22 heavy (non-hydrogen) atoms. The van der Waals surface area contributed by atoms with E-state index in [4.69, 9.17) is 0 Å². The maximum atomic E-state index is 12.2. The first-order chi connectivity index (χ1) is 10.3. The van der Waals surface area contributed by atoms with Crippen LogP contribution in [-0.4, -0.2) is 20.0 Å². The summed E-state index contributed by atoms with van der Waals surface area (Å²) in [4.78, 5) is 28.5. The third kappa shape index (κ3) is 2.72. The van der Waals surface area contributed by atoms with Gasteiger partial charge in [0.1, 0.15) is 5.56 Å². The van der Waals surface area contributed by atoms with Gasteiger partial charge >= 0.3 is 5.69 Å². The second-order valence-electron chi connectivity index (χ2n) is 5.21. The van der Waals surface area contributed by atoms with Gasteiger partial charge in [-0.05, 0) is 19.4 Å². The van der Waals surface area contributed by atoms with Crippen molar-refractivity contribution in [1.82, 2.24) is 9.13 Å². The highest BCUT2D eigenvalue weighted by Gasteiger charge is 2.18. The van der Waals surface area contributed by atoms with Gasteiger partial charge in [-0.25, -0.2) is 4.79 Å². The first-order valence-corrected chi connectivity index (χ1v) is 6.93.